The Morgan fingerprint density at radius 3 is 2.54 bits per heavy atom. The van der Waals surface area contributed by atoms with Gasteiger partial charge in [-0.3, -0.25) is 24.8 Å². The van der Waals surface area contributed by atoms with Crippen LogP contribution in [0, 0.1) is 18.3 Å². The Labute approximate surface area is 214 Å². The lowest BCUT2D eigenvalue weighted by molar-refractivity contribution is -0.156. The Morgan fingerprint density at radius 1 is 1.24 bits per heavy atom. The number of pyridine rings is 1. The van der Waals surface area contributed by atoms with E-state index in [1.54, 1.807) is 44.0 Å². The minimum Gasteiger partial charge on any atom is -0.427 e. The zero-order valence-corrected chi connectivity index (χ0v) is 21.3. The molecular weight excluding hydrogens is 474 g/mol. The predicted molar refractivity (Wildman–Crippen MR) is 135 cm³/mol. The number of nitrogens with one attached hydrogen (secondary N) is 2. The SMILES string of the molecule is CC[C@@H](NC(=O)N1C(=O)[C@H](Cc2cc(C)n(O)c(=N)c2)[C@H]1C(=O)N(C)c1nccn1C)c1ccccc1. The fraction of sp³-hybridized carbons (Fsp3) is 0.346. The number of β-lactam (4-membered cyclic amide) rings is 1. The molecule has 0 radical (unpaired) electrons. The van der Waals surface area contributed by atoms with E-state index < -0.39 is 29.8 Å². The lowest BCUT2D eigenvalue weighted by Gasteiger charge is -2.45. The van der Waals surface area contributed by atoms with Crippen molar-refractivity contribution in [2.45, 2.75) is 38.8 Å². The Bertz CT molecular complexity index is 1380. The molecule has 3 atom stereocenters. The van der Waals surface area contributed by atoms with Gasteiger partial charge < -0.3 is 15.1 Å². The molecule has 0 aliphatic carbocycles. The minimum atomic E-state index is -1.06. The topological polar surface area (TPSA) is 137 Å². The number of hydrogen-bond donors (Lipinski definition) is 3. The number of nitrogens with zero attached hydrogens (tertiary/aromatic N) is 5. The normalized spacial score (nSPS) is 17.7. The number of rotatable bonds is 7. The van der Waals surface area contributed by atoms with Crippen LogP contribution in [0.5, 0.6) is 0 Å². The predicted octanol–water partition coefficient (Wildman–Crippen LogP) is 2.14. The van der Waals surface area contributed by atoms with Crippen LogP contribution < -0.4 is 15.7 Å². The van der Waals surface area contributed by atoms with Crippen LogP contribution in [0.1, 0.15) is 36.2 Å². The van der Waals surface area contributed by atoms with Gasteiger partial charge in [0, 0.05) is 26.5 Å². The summed E-state index contributed by atoms with van der Waals surface area (Å²) >= 11 is 0. The van der Waals surface area contributed by atoms with Gasteiger partial charge in [-0.1, -0.05) is 37.3 Å². The van der Waals surface area contributed by atoms with Gasteiger partial charge in [0.05, 0.1) is 17.7 Å². The number of benzene rings is 1. The molecule has 4 rings (SSSR count). The highest BCUT2D eigenvalue weighted by atomic mass is 16.5. The molecule has 1 aromatic carbocycles. The zero-order valence-electron chi connectivity index (χ0n) is 21.3. The first-order valence-corrected chi connectivity index (χ1v) is 12.0. The fourth-order valence-corrected chi connectivity index (χ4v) is 4.73. The lowest BCUT2D eigenvalue weighted by Crippen LogP contribution is -2.70. The van der Waals surface area contributed by atoms with Gasteiger partial charge in [-0.2, -0.15) is 4.73 Å². The number of urea groups is 1. The summed E-state index contributed by atoms with van der Waals surface area (Å²) < 4.78 is 2.41. The van der Waals surface area contributed by atoms with Gasteiger partial charge in [-0.15, -0.1) is 0 Å². The molecule has 1 aliphatic heterocycles. The highest BCUT2D eigenvalue weighted by Gasteiger charge is 2.55. The molecule has 11 nitrogen and oxygen atoms in total. The molecule has 1 fully saturated rings. The highest BCUT2D eigenvalue weighted by Crippen LogP contribution is 2.33. The average molecular weight is 506 g/mol. The van der Waals surface area contributed by atoms with Crippen molar-refractivity contribution in [3.8, 4) is 0 Å². The number of carbonyl (C=O) groups excluding carboxylic acids is 3. The van der Waals surface area contributed by atoms with E-state index >= 15 is 0 Å². The van der Waals surface area contributed by atoms with Gasteiger partial charge in [-0.25, -0.2) is 9.78 Å². The monoisotopic (exact) mass is 505 g/mol. The molecule has 11 heteroatoms. The van der Waals surface area contributed by atoms with Crippen molar-refractivity contribution in [3.63, 3.8) is 0 Å². The summed E-state index contributed by atoms with van der Waals surface area (Å²) in [5.74, 6) is -1.36. The average Bonchev–Trinajstić information content (AvgIpc) is 3.32. The van der Waals surface area contributed by atoms with Crippen molar-refractivity contribution in [2.75, 3.05) is 11.9 Å². The zero-order chi connectivity index (χ0) is 26.9. The van der Waals surface area contributed by atoms with Crippen LogP contribution in [-0.4, -0.2) is 55.3 Å². The highest BCUT2D eigenvalue weighted by molar-refractivity contribution is 6.12. The van der Waals surface area contributed by atoms with Crippen molar-refractivity contribution in [1.82, 2.24) is 24.5 Å². The van der Waals surface area contributed by atoms with Crippen LogP contribution in [0.25, 0.3) is 0 Å². The molecule has 0 unspecified atom stereocenters. The van der Waals surface area contributed by atoms with E-state index in [1.165, 1.54) is 11.0 Å². The number of imidazole rings is 1. The molecule has 0 bridgehead atoms. The molecule has 1 aliphatic rings. The number of likely N-dealkylation sites (tertiary alicyclic amines) is 1. The van der Waals surface area contributed by atoms with Crippen LogP contribution in [-0.2, 0) is 23.1 Å². The molecule has 37 heavy (non-hydrogen) atoms. The van der Waals surface area contributed by atoms with E-state index in [4.69, 9.17) is 5.41 Å². The van der Waals surface area contributed by atoms with E-state index in [1.807, 2.05) is 37.3 Å². The summed E-state index contributed by atoms with van der Waals surface area (Å²) in [6, 6.07) is 10.5. The number of likely N-dealkylation sites (N-methyl/N-ethyl adjacent to an activating group) is 1. The number of hydrogen-bond acceptors (Lipinski definition) is 6. The Morgan fingerprint density at radius 2 is 1.95 bits per heavy atom. The van der Waals surface area contributed by atoms with Crippen molar-refractivity contribution in [3.05, 3.63) is 77.2 Å². The summed E-state index contributed by atoms with van der Waals surface area (Å²) in [7, 11) is 3.31. The number of carbonyl (C=O) groups is 3. The van der Waals surface area contributed by atoms with Gasteiger partial charge in [0.2, 0.25) is 11.9 Å². The molecule has 4 amide bonds. The van der Waals surface area contributed by atoms with Crippen molar-refractivity contribution in [1.29, 1.82) is 5.41 Å². The number of aryl methyl sites for hydroxylation is 2. The molecule has 0 saturated carbocycles. The van der Waals surface area contributed by atoms with Crippen LogP contribution in [0.4, 0.5) is 10.7 Å². The molecular formula is C26H31N7O4. The first-order chi connectivity index (χ1) is 17.6. The molecule has 3 N–H and O–H groups in total. The summed E-state index contributed by atoms with van der Waals surface area (Å²) in [4.78, 5) is 46.9. The van der Waals surface area contributed by atoms with E-state index in [-0.39, 0.29) is 18.0 Å². The largest absolute Gasteiger partial charge is 0.427 e. The maximum Gasteiger partial charge on any atom is 0.325 e. The third-order valence-electron chi connectivity index (χ3n) is 6.75. The fourth-order valence-electron chi connectivity index (χ4n) is 4.73. The third kappa shape index (κ3) is 4.84. The van der Waals surface area contributed by atoms with E-state index in [0.717, 1.165) is 15.2 Å². The van der Waals surface area contributed by atoms with Gasteiger partial charge in [-0.05, 0) is 43.0 Å². The van der Waals surface area contributed by atoms with Crippen LogP contribution in [0.3, 0.4) is 0 Å². The minimum absolute atomic E-state index is 0.136. The molecule has 0 spiro atoms. The number of anilines is 1. The van der Waals surface area contributed by atoms with E-state index in [9.17, 15) is 19.6 Å². The smallest absolute Gasteiger partial charge is 0.325 e. The van der Waals surface area contributed by atoms with Crippen molar-refractivity contribution < 1.29 is 19.6 Å². The van der Waals surface area contributed by atoms with Crippen LogP contribution in [0.2, 0.25) is 0 Å². The molecule has 2 aromatic heterocycles. The van der Waals surface area contributed by atoms with Crippen LogP contribution in [0.15, 0.2) is 54.9 Å². The Balaban J connectivity index is 1.63. The van der Waals surface area contributed by atoms with Crippen molar-refractivity contribution >= 4 is 23.8 Å². The maximum atomic E-state index is 13.7. The second-order valence-corrected chi connectivity index (χ2v) is 9.22. The van der Waals surface area contributed by atoms with Crippen molar-refractivity contribution in [2.24, 2.45) is 13.0 Å². The Kier molecular flexibility index (Phi) is 7.14. The summed E-state index contributed by atoms with van der Waals surface area (Å²) in [6.45, 7) is 3.57. The quantitative estimate of drug-likeness (QED) is 0.334. The summed E-state index contributed by atoms with van der Waals surface area (Å²) in [6.07, 6.45) is 4.00. The van der Waals surface area contributed by atoms with Crippen LogP contribution >= 0.6 is 0 Å². The molecule has 3 heterocycles. The standard InChI is InChI=1S/C26H31N7O4/c1-5-20(18-9-7-6-8-10-18)29-26(36)32-22(24(35)31(4)25-28-11-12-30(25)3)19(23(32)34)14-17-13-16(2)33(37)21(27)15-17/h6-13,15,19-20,22,27,37H,5,14H2,1-4H3,(H,29,36)/t19-,20-,22+/m1/s1. The summed E-state index contributed by atoms with van der Waals surface area (Å²) in [5.41, 5.74) is 1.79. The van der Waals surface area contributed by atoms with Gasteiger partial charge in [0.15, 0.2) is 5.49 Å². The first kappa shape index (κ1) is 25.7. The second kappa shape index (κ2) is 10.3. The molecule has 194 valence electrons. The van der Waals surface area contributed by atoms with Gasteiger partial charge >= 0.3 is 6.03 Å². The van der Waals surface area contributed by atoms with E-state index in [2.05, 4.69) is 10.3 Å². The maximum absolute atomic E-state index is 13.7. The second-order valence-electron chi connectivity index (χ2n) is 9.22. The van der Waals surface area contributed by atoms with Gasteiger partial charge in [0.1, 0.15) is 6.04 Å². The molecule has 1 saturated heterocycles. The summed E-state index contributed by atoms with van der Waals surface area (Å²) in [5, 5.41) is 20.7. The Hall–Kier alpha value is -4.41. The number of aromatic nitrogens is 3. The number of imide groups is 1. The third-order valence-corrected chi connectivity index (χ3v) is 6.75. The van der Waals surface area contributed by atoms with Gasteiger partial charge in [0.25, 0.3) is 5.91 Å². The first-order valence-electron chi connectivity index (χ1n) is 12.0. The molecule has 3 aromatic rings. The van der Waals surface area contributed by atoms with E-state index in [0.29, 0.717) is 23.6 Å². The number of amides is 4. The lowest BCUT2D eigenvalue weighted by atomic mass is 9.81.